The average molecular weight is 171 g/mol. The van der Waals surface area contributed by atoms with Crippen molar-refractivity contribution in [1.82, 2.24) is 0 Å². The Labute approximate surface area is 73.5 Å². The third-order valence-electron chi connectivity index (χ3n) is 4.05. The molecule has 2 fully saturated rings. The number of fused-ring (bicyclic) bond motifs is 1. The summed E-state index contributed by atoms with van der Waals surface area (Å²) in [7, 11) is 0. The van der Waals surface area contributed by atoms with Gasteiger partial charge in [-0.15, -0.1) is 0 Å². The lowest BCUT2D eigenvalue weighted by molar-refractivity contribution is -0.120. The van der Waals surface area contributed by atoms with E-state index < -0.39 is 5.67 Å². The van der Waals surface area contributed by atoms with Gasteiger partial charge in [0.15, 0.2) is 0 Å². The van der Waals surface area contributed by atoms with Gasteiger partial charge in [-0.05, 0) is 50.0 Å². The minimum atomic E-state index is -0.807. The van der Waals surface area contributed by atoms with Gasteiger partial charge in [0.1, 0.15) is 5.67 Å². The SMILES string of the molecule is CCC1C(CN)C2CCC[C@@]12F. The van der Waals surface area contributed by atoms with Crippen LogP contribution in [0.1, 0.15) is 32.6 Å². The number of rotatable bonds is 2. The van der Waals surface area contributed by atoms with Crippen LogP contribution in [0.5, 0.6) is 0 Å². The molecule has 0 aromatic carbocycles. The van der Waals surface area contributed by atoms with E-state index in [-0.39, 0.29) is 5.92 Å². The Bertz CT molecular complexity index is 183. The normalized spacial score (nSPS) is 51.8. The van der Waals surface area contributed by atoms with Crippen LogP contribution in [0.15, 0.2) is 0 Å². The fourth-order valence-corrected chi connectivity index (χ4v) is 3.54. The molecule has 2 rings (SSSR count). The first-order chi connectivity index (χ1) is 5.74. The highest BCUT2D eigenvalue weighted by Gasteiger charge is 2.62. The molecule has 4 atom stereocenters. The maximum Gasteiger partial charge on any atom is 0.117 e. The van der Waals surface area contributed by atoms with E-state index in [0.717, 1.165) is 25.7 Å². The highest BCUT2D eigenvalue weighted by atomic mass is 19.1. The number of hydrogen-bond donors (Lipinski definition) is 1. The van der Waals surface area contributed by atoms with E-state index in [4.69, 9.17) is 5.73 Å². The molecule has 0 aromatic rings. The smallest absolute Gasteiger partial charge is 0.117 e. The molecular weight excluding hydrogens is 153 g/mol. The lowest BCUT2D eigenvalue weighted by Crippen LogP contribution is -2.58. The van der Waals surface area contributed by atoms with E-state index in [1.165, 1.54) is 0 Å². The molecule has 0 heterocycles. The van der Waals surface area contributed by atoms with Crippen LogP contribution < -0.4 is 5.73 Å². The second-order valence-corrected chi connectivity index (χ2v) is 4.34. The Balaban J connectivity index is 2.13. The zero-order valence-corrected chi connectivity index (χ0v) is 7.72. The van der Waals surface area contributed by atoms with Gasteiger partial charge < -0.3 is 5.73 Å². The first kappa shape index (κ1) is 8.49. The van der Waals surface area contributed by atoms with Crippen LogP contribution in [-0.4, -0.2) is 12.2 Å². The van der Waals surface area contributed by atoms with Crippen LogP contribution in [0.3, 0.4) is 0 Å². The van der Waals surface area contributed by atoms with Crippen LogP contribution in [0.2, 0.25) is 0 Å². The Morgan fingerprint density at radius 3 is 2.92 bits per heavy atom. The molecule has 0 aromatic heterocycles. The molecule has 0 spiro atoms. The highest BCUT2D eigenvalue weighted by molar-refractivity contribution is 5.11. The molecule has 0 aliphatic heterocycles. The van der Waals surface area contributed by atoms with E-state index in [2.05, 4.69) is 6.92 Å². The van der Waals surface area contributed by atoms with Crippen LogP contribution in [0.25, 0.3) is 0 Å². The topological polar surface area (TPSA) is 26.0 Å². The van der Waals surface area contributed by atoms with Gasteiger partial charge in [0.2, 0.25) is 0 Å². The molecule has 70 valence electrons. The molecule has 1 nitrogen and oxygen atoms in total. The maximum atomic E-state index is 14.1. The molecule has 2 heteroatoms. The summed E-state index contributed by atoms with van der Waals surface area (Å²) < 4.78 is 14.1. The van der Waals surface area contributed by atoms with Crippen molar-refractivity contribution in [3.63, 3.8) is 0 Å². The molecule has 2 aliphatic carbocycles. The Morgan fingerprint density at radius 1 is 1.58 bits per heavy atom. The van der Waals surface area contributed by atoms with Crippen molar-refractivity contribution in [3.8, 4) is 0 Å². The van der Waals surface area contributed by atoms with Gasteiger partial charge >= 0.3 is 0 Å². The summed E-state index contributed by atoms with van der Waals surface area (Å²) in [4.78, 5) is 0. The van der Waals surface area contributed by atoms with Crippen molar-refractivity contribution in [2.24, 2.45) is 23.5 Å². The molecule has 0 bridgehead atoms. The predicted octanol–water partition coefficient (Wildman–Crippen LogP) is 2.11. The van der Waals surface area contributed by atoms with E-state index >= 15 is 0 Å². The zero-order valence-electron chi connectivity index (χ0n) is 7.72. The van der Waals surface area contributed by atoms with E-state index in [1.807, 2.05) is 0 Å². The summed E-state index contributed by atoms with van der Waals surface area (Å²) in [5, 5.41) is 0. The van der Waals surface area contributed by atoms with Crippen molar-refractivity contribution < 1.29 is 4.39 Å². The summed E-state index contributed by atoms with van der Waals surface area (Å²) in [6, 6.07) is 0. The largest absolute Gasteiger partial charge is 0.330 e. The van der Waals surface area contributed by atoms with Crippen molar-refractivity contribution in [3.05, 3.63) is 0 Å². The number of alkyl halides is 1. The molecule has 3 unspecified atom stereocenters. The van der Waals surface area contributed by atoms with Gasteiger partial charge in [0, 0.05) is 0 Å². The third kappa shape index (κ3) is 0.819. The van der Waals surface area contributed by atoms with Crippen LogP contribution in [0.4, 0.5) is 4.39 Å². The lowest BCUT2D eigenvalue weighted by Gasteiger charge is -2.53. The van der Waals surface area contributed by atoms with Crippen LogP contribution >= 0.6 is 0 Å². The van der Waals surface area contributed by atoms with Crippen molar-refractivity contribution in [2.75, 3.05) is 6.54 Å². The van der Waals surface area contributed by atoms with Gasteiger partial charge in [-0.2, -0.15) is 0 Å². The lowest BCUT2D eigenvalue weighted by atomic mass is 9.55. The van der Waals surface area contributed by atoms with Crippen molar-refractivity contribution in [2.45, 2.75) is 38.3 Å². The van der Waals surface area contributed by atoms with Gasteiger partial charge in [0.25, 0.3) is 0 Å². The standard InChI is InChI=1S/C10H18FN/c1-2-8-7(6-12)9-4-3-5-10(8,9)11/h7-9H,2-6,12H2,1H3/t7?,8?,9?,10-/m1/s1. The molecule has 0 saturated heterocycles. The van der Waals surface area contributed by atoms with Gasteiger partial charge in [-0.25, -0.2) is 4.39 Å². The van der Waals surface area contributed by atoms with Gasteiger partial charge in [0.05, 0.1) is 0 Å². The molecule has 0 radical (unpaired) electrons. The molecule has 2 N–H and O–H groups in total. The van der Waals surface area contributed by atoms with E-state index in [9.17, 15) is 4.39 Å². The minimum absolute atomic E-state index is 0.273. The summed E-state index contributed by atoms with van der Waals surface area (Å²) in [6.45, 7) is 2.78. The van der Waals surface area contributed by atoms with E-state index in [0.29, 0.717) is 18.4 Å². The fourth-order valence-electron chi connectivity index (χ4n) is 3.54. The Kier molecular flexibility index (Phi) is 1.90. The zero-order chi connectivity index (χ0) is 8.77. The number of halogens is 1. The maximum absolute atomic E-state index is 14.1. The molecule has 2 saturated carbocycles. The molecule has 12 heavy (non-hydrogen) atoms. The summed E-state index contributed by atoms with van der Waals surface area (Å²) in [6.07, 6.45) is 3.92. The average Bonchev–Trinajstić information content (AvgIpc) is 2.35. The number of nitrogens with two attached hydrogens (primary N) is 1. The molecule has 2 aliphatic rings. The summed E-state index contributed by atoms with van der Waals surface area (Å²) in [5.74, 6) is 1.07. The van der Waals surface area contributed by atoms with E-state index in [1.54, 1.807) is 0 Å². The molecule has 0 amide bonds. The number of hydrogen-bond acceptors (Lipinski definition) is 1. The second kappa shape index (κ2) is 2.69. The van der Waals surface area contributed by atoms with Gasteiger partial charge in [-0.1, -0.05) is 6.92 Å². The monoisotopic (exact) mass is 171 g/mol. The summed E-state index contributed by atoms with van der Waals surface area (Å²) >= 11 is 0. The first-order valence-electron chi connectivity index (χ1n) is 5.13. The highest BCUT2D eigenvalue weighted by Crippen LogP contribution is 2.61. The van der Waals surface area contributed by atoms with Crippen LogP contribution in [0, 0.1) is 17.8 Å². The van der Waals surface area contributed by atoms with Gasteiger partial charge in [-0.3, -0.25) is 0 Å². The van der Waals surface area contributed by atoms with Crippen LogP contribution in [-0.2, 0) is 0 Å². The summed E-state index contributed by atoms with van der Waals surface area (Å²) in [5.41, 5.74) is 4.84. The van der Waals surface area contributed by atoms with Crippen molar-refractivity contribution in [1.29, 1.82) is 0 Å². The molecular formula is C10H18FN. The second-order valence-electron chi connectivity index (χ2n) is 4.34. The Morgan fingerprint density at radius 2 is 2.33 bits per heavy atom. The minimum Gasteiger partial charge on any atom is -0.330 e. The predicted molar refractivity (Wildman–Crippen MR) is 47.5 cm³/mol. The van der Waals surface area contributed by atoms with Crippen molar-refractivity contribution >= 4 is 0 Å². The third-order valence-corrected chi connectivity index (χ3v) is 4.05. The fraction of sp³-hybridized carbons (Fsp3) is 1.00. The quantitative estimate of drug-likeness (QED) is 0.676. The first-order valence-corrected chi connectivity index (χ1v) is 5.13. The Hall–Kier alpha value is -0.110.